The average Bonchev–Trinajstić information content (AvgIpc) is 2.19. The van der Waals surface area contributed by atoms with Gasteiger partial charge in [0, 0.05) is 19.0 Å². The number of likely N-dealkylation sites (tertiary alicyclic amines) is 1. The Kier molecular flexibility index (Phi) is 5.03. The van der Waals surface area contributed by atoms with E-state index in [9.17, 15) is 13.2 Å². The number of halogens is 3. The van der Waals surface area contributed by atoms with Crippen molar-refractivity contribution < 1.29 is 13.2 Å². The van der Waals surface area contributed by atoms with Crippen molar-refractivity contribution in [1.29, 1.82) is 5.26 Å². The van der Waals surface area contributed by atoms with Crippen LogP contribution in [-0.2, 0) is 0 Å². The number of rotatable bonds is 4. The summed E-state index contributed by atoms with van der Waals surface area (Å²) in [6.07, 6.45) is -2.20. The zero-order valence-electron chi connectivity index (χ0n) is 9.06. The molecular formula is C10H16F3N3. The third-order valence-electron chi connectivity index (χ3n) is 2.66. The second-order valence-corrected chi connectivity index (χ2v) is 4.03. The van der Waals surface area contributed by atoms with E-state index in [0.717, 1.165) is 12.8 Å². The van der Waals surface area contributed by atoms with Crippen LogP contribution in [0.5, 0.6) is 0 Å². The molecule has 0 aliphatic carbocycles. The molecule has 0 aromatic rings. The number of nitrogens with one attached hydrogen (secondary N) is 1. The van der Waals surface area contributed by atoms with Crippen LogP contribution < -0.4 is 5.32 Å². The van der Waals surface area contributed by atoms with Crippen LogP contribution in [-0.4, -0.2) is 43.3 Å². The predicted molar refractivity (Wildman–Crippen MR) is 53.7 cm³/mol. The summed E-state index contributed by atoms with van der Waals surface area (Å²) in [7, 11) is 0. The van der Waals surface area contributed by atoms with Gasteiger partial charge in [0.05, 0.1) is 12.6 Å². The van der Waals surface area contributed by atoms with Crippen LogP contribution in [0, 0.1) is 11.3 Å². The first kappa shape index (κ1) is 13.3. The van der Waals surface area contributed by atoms with Crippen molar-refractivity contribution in [3.63, 3.8) is 0 Å². The van der Waals surface area contributed by atoms with Gasteiger partial charge in [0.2, 0.25) is 0 Å². The van der Waals surface area contributed by atoms with Crippen LogP contribution in [0.3, 0.4) is 0 Å². The number of alkyl halides is 3. The monoisotopic (exact) mass is 235 g/mol. The van der Waals surface area contributed by atoms with Gasteiger partial charge in [-0.05, 0) is 25.9 Å². The van der Waals surface area contributed by atoms with Crippen molar-refractivity contribution in [3.8, 4) is 6.07 Å². The summed E-state index contributed by atoms with van der Waals surface area (Å²) in [6.45, 7) is 0.770. The minimum Gasteiger partial charge on any atom is -0.313 e. The molecule has 0 atom stereocenters. The summed E-state index contributed by atoms with van der Waals surface area (Å²) >= 11 is 0. The second kappa shape index (κ2) is 6.06. The molecule has 1 aliphatic heterocycles. The number of piperidine rings is 1. The van der Waals surface area contributed by atoms with Gasteiger partial charge < -0.3 is 5.32 Å². The Balaban J connectivity index is 2.16. The molecule has 92 valence electrons. The summed E-state index contributed by atoms with van der Waals surface area (Å²) in [5.74, 6) is 0. The molecule has 1 heterocycles. The molecular weight excluding hydrogens is 219 g/mol. The summed E-state index contributed by atoms with van der Waals surface area (Å²) < 4.78 is 36.3. The quantitative estimate of drug-likeness (QED) is 0.751. The molecule has 0 unspecified atom stereocenters. The van der Waals surface area contributed by atoms with Crippen molar-refractivity contribution in [2.24, 2.45) is 0 Å². The molecule has 16 heavy (non-hydrogen) atoms. The van der Waals surface area contributed by atoms with Crippen LogP contribution in [0.1, 0.15) is 19.3 Å². The van der Waals surface area contributed by atoms with Crippen molar-refractivity contribution in [2.75, 3.05) is 26.2 Å². The van der Waals surface area contributed by atoms with Crippen LogP contribution in [0.2, 0.25) is 0 Å². The average molecular weight is 235 g/mol. The van der Waals surface area contributed by atoms with Gasteiger partial charge in [0.1, 0.15) is 0 Å². The molecule has 1 N–H and O–H groups in total. The van der Waals surface area contributed by atoms with E-state index in [0.29, 0.717) is 26.1 Å². The smallest absolute Gasteiger partial charge is 0.313 e. The van der Waals surface area contributed by atoms with E-state index in [1.54, 1.807) is 0 Å². The van der Waals surface area contributed by atoms with E-state index in [1.807, 2.05) is 6.07 Å². The zero-order chi connectivity index (χ0) is 12.0. The number of nitrogens with zero attached hydrogens (tertiary/aromatic N) is 2. The summed E-state index contributed by atoms with van der Waals surface area (Å²) in [5.41, 5.74) is 0. The Morgan fingerprint density at radius 3 is 2.44 bits per heavy atom. The molecule has 0 amide bonds. The molecule has 1 rings (SSSR count). The maximum Gasteiger partial charge on any atom is 0.401 e. The van der Waals surface area contributed by atoms with E-state index in [1.165, 1.54) is 4.90 Å². The van der Waals surface area contributed by atoms with Gasteiger partial charge in [-0.3, -0.25) is 4.90 Å². The highest BCUT2D eigenvalue weighted by atomic mass is 19.4. The van der Waals surface area contributed by atoms with Gasteiger partial charge in [-0.15, -0.1) is 0 Å². The molecule has 0 bridgehead atoms. The lowest BCUT2D eigenvalue weighted by Crippen LogP contribution is -2.45. The first-order valence-electron chi connectivity index (χ1n) is 5.41. The first-order valence-corrected chi connectivity index (χ1v) is 5.41. The van der Waals surface area contributed by atoms with Gasteiger partial charge >= 0.3 is 6.18 Å². The molecule has 3 nitrogen and oxygen atoms in total. The number of hydrogen-bond acceptors (Lipinski definition) is 3. The third-order valence-corrected chi connectivity index (χ3v) is 2.66. The van der Waals surface area contributed by atoms with Gasteiger partial charge in [0.25, 0.3) is 0 Å². The van der Waals surface area contributed by atoms with Crippen molar-refractivity contribution in [3.05, 3.63) is 0 Å². The van der Waals surface area contributed by atoms with E-state index in [4.69, 9.17) is 5.26 Å². The maximum atomic E-state index is 12.1. The zero-order valence-corrected chi connectivity index (χ0v) is 9.06. The van der Waals surface area contributed by atoms with E-state index in [-0.39, 0.29) is 6.04 Å². The Hall–Kier alpha value is -0.800. The fourth-order valence-electron chi connectivity index (χ4n) is 1.88. The highest BCUT2D eigenvalue weighted by Crippen LogP contribution is 2.19. The van der Waals surface area contributed by atoms with Gasteiger partial charge in [0.15, 0.2) is 0 Å². The van der Waals surface area contributed by atoms with Gasteiger partial charge in [-0.1, -0.05) is 0 Å². The highest BCUT2D eigenvalue weighted by molar-refractivity contribution is 4.80. The van der Waals surface area contributed by atoms with Crippen LogP contribution in [0.4, 0.5) is 13.2 Å². The molecule has 0 aromatic heterocycles. The fourth-order valence-corrected chi connectivity index (χ4v) is 1.88. The molecule has 0 spiro atoms. The van der Waals surface area contributed by atoms with E-state index >= 15 is 0 Å². The number of hydrogen-bond donors (Lipinski definition) is 1. The van der Waals surface area contributed by atoms with Crippen molar-refractivity contribution in [1.82, 2.24) is 10.2 Å². The largest absolute Gasteiger partial charge is 0.401 e. The molecule has 0 aromatic carbocycles. The van der Waals surface area contributed by atoms with Crippen LogP contribution in [0.25, 0.3) is 0 Å². The predicted octanol–water partition coefficient (Wildman–Crippen LogP) is 1.52. The Bertz CT molecular complexity index is 239. The van der Waals surface area contributed by atoms with E-state index < -0.39 is 12.7 Å². The normalized spacial score (nSPS) is 19.6. The third kappa shape index (κ3) is 5.33. The topological polar surface area (TPSA) is 39.1 Å². The van der Waals surface area contributed by atoms with E-state index in [2.05, 4.69) is 5.32 Å². The number of nitriles is 1. The fraction of sp³-hybridized carbons (Fsp3) is 0.900. The lowest BCUT2D eigenvalue weighted by atomic mass is 10.1. The lowest BCUT2D eigenvalue weighted by molar-refractivity contribution is -0.148. The molecule has 1 saturated heterocycles. The maximum absolute atomic E-state index is 12.1. The SMILES string of the molecule is N#CCCNC1CCN(CC(F)(F)F)CC1. The molecule has 1 fully saturated rings. The highest BCUT2D eigenvalue weighted by Gasteiger charge is 2.32. The standard InChI is InChI=1S/C10H16F3N3/c11-10(12,13)8-16-6-2-9(3-7-16)15-5-1-4-14/h9,15H,1-3,5-8H2. The van der Waals surface area contributed by atoms with Crippen molar-refractivity contribution >= 4 is 0 Å². The van der Waals surface area contributed by atoms with Crippen LogP contribution >= 0.6 is 0 Å². The lowest BCUT2D eigenvalue weighted by Gasteiger charge is -2.32. The van der Waals surface area contributed by atoms with Crippen LogP contribution in [0.15, 0.2) is 0 Å². The minimum atomic E-state index is -4.10. The minimum absolute atomic E-state index is 0.262. The Morgan fingerprint density at radius 2 is 1.94 bits per heavy atom. The first-order chi connectivity index (χ1) is 7.51. The second-order valence-electron chi connectivity index (χ2n) is 4.03. The molecule has 0 radical (unpaired) electrons. The summed E-state index contributed by atoms with van der Waals surface area (Å²) in [6, 6.07) is 2.29. The Morgan fingerprint density at radius 1 is 1.31 bits per heavy atom. The Labute approximate surface area is 93.2 Å². The van der Waals surface area contributed by atoms with Crippen molar-refractivity contribution in [2.45, 2.75) is 31.5 Å². The molecule has 6 heteroatoms. The summed E-state index contributed by atoms with van der Waals surface area (Å²) in [5, 5.41) is 11.5. The summed E-state index contributed by atoms with van der Waals surface area (Å²) in [4.78, 5) is 1.43. The molecule has 0 saturated carbocycles. The van der Waals surface area contributed by atoms with Gasteiger partial charge in [-0.25, -0.2) is 0 Å². The molecule has 1 aliphatic rings. The van der Waals surface area contributed by atoms with Gasteiger partial charge in [-0.2, -0.15) is 18.4 Å².